The molecule has 1 unspecified atom stereocenters. The molecule has 1 aliphatic heterocycles. The maximum atomic E-state index is 9.39. The summed E-state index contributed by atoms with van der Waals surface area (Å²) in [5.41, 5.74) is 2.02. The third-order valence-electron chi connectivity index (χ3n) is 3.97. The fourth-order valence-electron chi connectivity index (χ4n) is 2.62. The van der Waals surface area contributed by atoms with E-state index in [1.807, 2.05) is 36.0 Å². The van der Waals surface area contributed by atoms with E-state index in [0.29, 0.717) is 11.3 Å². The molecule has 0 aromatic heterocycles. The average Bonchev–Trinajstić information content (AvgIpc) is 2.97. The van der Waals surface area contributed by atoms with Gasteiger partial charge in [0.15, 0.2) is 5.96 Å². The Morgan fingerprint density at radius 1 is 1.32 bits per heavy atom. The summed E-state index contributed by atoms with van der Waals surface area (Å²) in [6.07, 6.45) is 2.57. The third kappa shape index (κ3) is 4.92. The van der Waals surface area contributed by atoms with E-state index in [4.69, 9.17) is 0 Å². The first-order valence-corrected chi connectivity index (χ1v) is 8.99. The zero-order valence-corrected chi connectivity index (χ0v) is 14.4. The Kier molecular flexibility index (Phi) is 6.58. The van der Waals surface area contributed by atoms with E-state index in [-0.39, 0.29) is 6.61 Å². The SMILES string of the molecule is CCNC(=NCc1ccccc1CO)NCC1(C)CCCS1. The second-order valence-corrected chi connectivity index (χ2v) is 7.56. The Balaban J connectivity index is 1.97. The maximum absolute atomic E-state index is 9.39. The molecule has 1 aliphatic rings. The minimum absolute atomic E-state index is 0.0599. The molecule has 122 valence electrons. The second-order valence-electron chi connectivity index (χ2n) is 5.88. The fraction of sp³-hybridized carbons (Fsp3) is 0.588. The summed E-state index contributed by atoms with van der Waals surface area (Å²) >= 11 is 2.05. The van der Waals surface area contributed by atoms with Crippen molar-refractivity contribution in [1.82, 2.24) is 10.6 Å². The lowest BCUT2D eigenvalue weighted by atomic mass is 10.1. The Hall–Kier alpha value is -1.20. The molecule has 1 fully saturated rings. The minimum Gasteiger partial charge on any atom is -0.392 e. The van der Waals surface area contributed by atoms with Gasteiger partial charge in [0.2, 0.25) is 0 Å². The van der Waals surface area contributed by atoms with Crippen molar-refractivity contribution in [2.45, 2.75) is 44.6 Å². The fourth-order valence-corrected chi connectivity index (χ4v) is 3.86. The lowest BCUT2D eigenvalue weighted by Gasteiger charge is -2.24. The number of aliphatic hydroxyl groups excluding tert-OH is 1. The second kappa shape index (κ2) is 8.44. The van der Waals surface area contributed by atoms with Crippen LogP contribution in [0.5, 0.6) is 0 Å². The van der Waals surface area contributed by atoms with E-state index in [9.17, 15) is 5.11 Å². The van der Waals surface area contributed by atoms with Crippen LogP contribution in [0.4, 0.5) is 0 Å². The Labute approximate surface area is 137 Å². The number of aliphatic imine (C=N–C) groups is 1. The smallest absolute Gasteiger partial charge is 0.191 e. The maximum Gasteiger partial charge on any atom is 0.191 e. The molecular weight excluding hydrogens is 294 g/mol. The summed E-state index contributed by atoms with van der Waals surface area (Å²) in [6.45, 7) is 6.82. The predicted octanol–water partition coefficient (Wildman–Crippen LogP) is 2.52. The van der Waals surface area contributed by atoms with Gasteiger partial charge in [0.05, 0.1) is 13.2 Å². The first-order chi connectivity index (χ1) is 10.7. The molecule has 2 rings (SSSR count). The number of nitrogens with one attached hydrogen (secondary N) is 2. The van der Waals surface area contributed by atoms with Crippen molar-refractivity contribution >= 4 is 17.7 Å². The number of nitrogens with zero attached hydrogens (tertiary/aromatic N) is 1. The number of rotatable bonds is 6. The molecule has 0 spiro atoms. The zero-order valence-electron chi connectivity index (χ0n) is 13.6. The molecule has 4 nitrogen and oxygen atoms in total. The first kappa shape index (κ1) is 17.2. The summed E-state index contributed by atoms with van der Waals surface area (Å²) in [5, 5.41) is 16.2. The van der Waals surface area contributed by atoms with Gasteiger partial charge < -0.3 is 15.7 Å². The lowest BCUT2D eigenvalue weighted by molar-refractivity contribution is 0.280. The van der Waals surface area contributed by atoms with E-state index in [1.54, 1.807) is 0 Å². The summed E-state index contributed by atoms with van der Waals surface area (Å²) in [7, 11) is 0. The van der Waals surface area contributed by atoms with Crippen LogP contribution in [0.15, 0.2) is 29.3 Å². The van der Waals surface area contributed by atoms with Crippen LogP contribution >= 0.6 is 11.8 Å². The quantitative estimate of drug-likeness (QED) is 0.557. The Morgan fingerprint density at radius 2 is 2.09 bits per heavy atom. The van der Waals surface area contributed by atoms with E-state index in [2.05, 4.69) is 29.5 Å². The number of hydrogen-bond donors (Lipinski definition) is 3. The highest BCUT2D eigenvalue weighted by Gasteiger charge is 2.29. The third-order valence-corrected chi connectivity index (χ3v) is 5.51. The molecule has 1 heterocycles. The van der Waals surface area contributed by atoms with Gasteiger partial charge in [-0.15, -0.1) is 0 Å². The highest BCUT2D eigenvalue weighted by Crippen LogP contribution is 2.36. The molecule has 0 amide bonds. The van der Waals surface area contributed by atoms with E-state index < -0.39 is 0 Å². The molecule has 1 atom stereocenters. The van der Waals surface area contributed by atoms with Crippen molar-refractivity contribution in [3.63, 3.8) is 0 Å². The standard InChI is InChI=1S/C17H27N3OS/c1-3-18-16(20-13-17(2)9-6-10-22-17)19-11-14-7-4-5-8-15(14)12-21/h4-5,7-8,21H,3,6,9-13H2,1-2H3,(H2,18,19,20). The van der Waals surface area contributed by atoms with Gasteiger partial charge in [0.25, 0.3) is 0 Å². The van der Waals surface area contributed by atoms with Gasteiger partial charge in [0.1, 0.15) is 0 Å². The van der Waals surface area contributed by atoms with Crippen LogP contribution in [0.25, 0.3) is 0 Å². The highest BCUT2D eigenvalue weighted by atomic mass is 32.2. The zero-order chi connectivity index (χ0) is 15.8. The number of aliphatic hydroxyl groups is 1. The van der Waals surface area contributed by atoms with Gasteiger partial charge in [-0.05, 0) is 43.6 Å². The predicted molar refractivity (Wildman–Crippen MR) is 95.3 cm³/mol. The normalized spacial score (nSPS) is 21.9. The number of thioether (sulfide) groups is 1. The van der Waals surface area contributed by atoms with Gasteiger partial charge in [-0.3, -0.25) is 0 Å². The van der Waals surface area contributed by atoms with Gasteiger partial charge in [0, 0.05) is 17.8 Å². The molecule has 5 heteroatoms. The molecule has 0 radical (unpaired) electrons. The van der Waals surface area contributed by atoms with Crippen molar-refractivity contribution in [3.05, 3.63) is 35.4 Å². The average molecular weight is 321 g/mol. The molecule has 22 heavy (non-hydrogen) atoms. The van der Waals surface area contributed by atoms with Gasteiger partial charge in [-0.1, -0.05) is 24.3 Å². The Morgan fingerprint density at radius 3 is 2.73 bits per heavy atom. The lowest BCUT2D eigenvalue weighted by Crippen LogP contribution is -2.43. The summed E-state index contributed by atoms with van der Waals surface area (Å²) < 4.78 is 0.319. The molecular formula is C17H27N3OS. The number of guanidine groups is 1. The van der Waals surface area contributed by atoms with Crippen molar-refractivity contribution in [1.29, 1.82) is 0 Å². The number of benzene rings is 1. The van der Waals surface area contributed by atoms with E-state index >= 15 is 0 Å². The van der Waals surface area contributed by atoms with Crippen molar-refractivity contribution < 1.29 is 5.11 Å². The van der Waals surface area contributed by atoms with Crippen molar-refractivity contribution in [2.24, 2.45) is 4.99 Å². The van der Waals surface area contributed by atoms with Gasteiger partial charge in [-0.25, -0.2) is 4.99 Å². The molecule has 0 aliphatic carbocycles. The largest absolute Gasteiger partial charge is 0.392 e. The van der Waals surface area contributed by atoms with Crippen LogP contribution in [-0.4, -0.2) is 34.7 Å². The van der Waals surface area contributed by atoms with Gasteiger partial charge >= 0.3 is 0 Å². The monoisotopic (exact) mass is 321 g/mol. The Bertz CT molecular complexity index is 498. The highest BCUT2D eigenvalue weighted by molar-refractivity contribution is 8.00. The minimum atomic E-state index is 0.0599. The van der Waals surface area contributed by atoms with Crippen molar-refractivity contribution in [3.8, 4) is 0 Å². The molecule has 1 saturated heterocycles. The van der Waals surface area contributed by atoms with Gasteiger partial charge in [-0.2, -0.15) is 11.8 Å². The summed E-state index contributed by atoms with van der Waals surface area (Å²) in [6, 6.07) is 7.90. The summed E-state index contributed by atoms with van der Waals surface area (Å²) in [4.78, 5) is 4.66. The topological polar surface area (TPSA) is 56.7 Å². The summed E-state index contributed by atoms with van der Waals surface area (Å²) in [5.74, 6) is 2.11. The molecule has 0 bridgehead atoms. The van der Waals surface area contributed by atoms with Crippen molar-refractivity contribution in [2.75, 3.05) is 18.8 Å². The number of hydrogen-bond acceptors (Lipinski definition) is 3. The van der Waals surface area contributed by atoms with Crippen LogP contribution in [0, 0.1) is 0 Å². The molecule has 1 aromatic rings. The van der Waals surface area contributed by atoms with Crippen LogP contribution in [0.1, 0.15) is 37.8 Å². The first-order valence-electron chi connectivity index (χ1n) is 8.00. The van der Waals surface area contributed by atoms with Crippen LogP contribution in [0.2, 0.25) is 0 Å². The van der Waals surface area contributed by atoms with Crippen LogP contribution in [0.3, 0.4) is 0 Å². The van der Waals surface area contributed by atoms with E-state index in [0.717, 1.165) is 30.2 Å². The van der Waals surface area contributed by atoms with E-state index in [1.165, 1.54) is 18.6 Å². The van der Waals surface area contributed by atoms with Crippen LogP contribution in [-0.2, 0) is 13.2 Å². The molecule has 1 aromatic carbocycles. The molecule has 0 saturated carbocycles. The van der Waals surface area contributed by atoms with Crippen LogP contribution < -0.4 is 10.6 Å². The molecule has 3 N–H and O–H groups in total.